The van der Waals surface area contributed by atoms with Gasteiger partial charge in [-0.2, -0.15) is 5.10 Å². The van der Waals surface area contributed by atoms with Gasteiger partial charge in [0, 0.05) is 23.7 Å². The summed E-state index contributed by atoms with van der Waals surface area (Å²) in [6.45, 7) is 19.3. The van der Waals surface area contributed by atoms with Gasteiger partial charge in [0.2, 0.25) is 5.91 Å². The molecule has 0 bridgehead atoms. The molecule has 0 radical (unpaired) electrons. The molecule has 0 aliphatic rings. The van der Waals surface area contributed by atoms with Gasteiger partial charge in [-0.3, -0.25) is 4.79 Å². The minimum Gasteiger partial charge on any atom is -0.315 e. The second-order valence-electron chi connectivity index (χ2n) is 12.3. The van der Waals surface area contributed by atoms with Crippen molar-refractivity contribution in [2.24, 2.45) is 0 Å². The first-order valence-electron chi connectivity index (χ1n) is 14.5. The van der Waals surface area contributed by atoms with E-state index in [0.29, 0.717) is 12.4 Å². The number of carbonyl (C=O) groups is 2. The molecule has 0 saturated carbocycles. The highest BCUT2D eigenvalue weighted by atomic mass is 16.2. The van der Waals surface area contributed by atoms with Gasteiger partial charge < -0.3 is 15.5 Å². The number of hydrogen-bond acceptors (Lipinski definition) is 3. The van der Waals surface area contributed by atoms with E-state index in [2.05, 4.69) is 78.2 Å². The van der Waals surface area contributed by atoms with Crippen molar-refractivity contribution in [2.45, 2.75) is 92.4 Å². The van der Waals surface area contributed by atoms with Crippen molar-refractivity contribution in [1.29, 1.82) is 0 Å². The number of para-hydroxylation sites is 1. The fourth-order valence-corrected chi connectivity index (χ4v) is 4.56. The molecule has 0 aliphatic carbocycles. The van der Waals surface area contributed by atoms with Gasteiger partial charge >= 0.3 is 6.03 Å². The topological polar surface area (TPSA) is 79.3 Å². The average molecular weight is 546 g/mol. The van der Waals surface area contributed by atoms with Gasteiger partial charge in [0.15, 0.2) is 0 Å². The van der Waals surface area contributed by atoms with Crippen molar-refractivity contribution in [1.82, 2.24) is 14.7 Å². The van der Waals surface area contributed by atoms with Gasteiger partial charge in [0.25, 0.3) is 0 Å². The van der Waals surface area contributed by atoms with Crippen molar-refractivity contribution >= 4 is 23.4 Å². The quantitative estimate of drug-likeness (QED) is 0.271. The largest absolute Gasteiger partial charge is 0.322 e. The lowest BCUT2D eigenvalue weighted by Crippen LogP contribution is -2.41. The number of aryl methyl sites for hydroxylation is 1. The summed E-state index contributed by atoms with van der Waals surface area (Å²) in [6.07, 6.45) is 1.72. The van der Waals surface area contributed by atoms with Crippen LogP contribution in [0.2, 0.25) is 0 Å². The van der Waals surface area contributed by atoms with Crippen molar-refractivity contribution < 1.29 is 9.59 Å². The summed E-state index contributed by atoms with van der Waals surface area (Å²) < 4.78 is 1.77. The molecule has 3 aromatic rings. The molecule has 0 unspecified atom stereocenters. The van der Waals surface area contributed by atoms with Gasteiger partial charge in [-0.25, -0.2) is 9.48 Å². The van der Waals surface area contributed by atoms with Gasteiger partial charge in [0.1, 0.15) is 12.4 Å². The Labute approximate surface area is 240 Å². The predicted molar refractivity (Wildman–Crippen MR) is 166 cm³/mol. The summed E-state index contributed by atoms with van der Waals surface area (Å²) in [6, 6.07) is 15.9. The number of benzene rings is 2. The van der Waals surface area contributed by atoms with Crippen LogP contribution < -0.4 is 10.6 Å². The minimum atomic E-state index is -0.263. The lowest BCUT2D eigenvalue weighted by Gasteiger charge is -2.26. The molecule has 0 fully saturated rings. The van der Waals surface area contributed by atoms with E-state index in [1.54, 1.807) is 9.58 Å². The normalized spacial score (nSPS) is 11.7. The fourth-order valence-electron chi connectivity index (χ4n) is 4.56. The maximum absolute atomic E-state index is 13.6. The van der Waals surface area contributed by atoms with E-state index in [1.165, 1.54) is 0 Å². The van der Waals surface area contributed by atoms with E-state index in [-0.39, 0.29) is 35.7 Å². The predicted octanol–water partition coefficient (Wildman–Crippen LogP) is 8.00. The summed E-state index contributed by atoms with van der Waals surface area (Å²) in [5, 5.41) is 11.0. The SMILES string of the molecule is CCCCN(CC(=O)Nc1cc(C(C)(C)C)nn1-c1ccc(C)cc1)C(=O)Nc1c(C(C)C)cccc1C(C)C. The Hall–Kier alpha value is -3.61. The van der Waals surface area contributed by atoms with Gasteiger partial charge in [0.05, 0.1) is 11.4 Å². The zero-order chi connectivity index (χ0) is 29.6. The number of carbonyl (C=O) groups excluding carboxylic acids is 2. The van der Waals surface area contributed by atoms with E-state index in [1.807, 2.05) is 43.3 Å². The summed E-state index contributed by atoms with van der Waals surface area (Å²) in [4.78, 5) is 28.7. The second kappa shape index (κ2) is 13.2. The molecule has 7 nitrogen and oxygen atoms in total. The number of aromatic nitrogens is 2. The molecule has 0 atom stereocenters. The molecule has 40 heavy (non-hydrogen) atoms. The molecule has 1 heterocycles. The highest BCUT2D eigenvalue weighted by Gasteiger charge is 2.24. The van der Waals surface area contributed by atoms with Crippen LogP contribution in [0.5, 0.6) is 0 Å². The van der Waals surface area contributed by atoms with Gasteiger partial charge in [-0.1, -0.05) is 97.7 Å². The molecule has 0 saturated heterocycles. The maximum Gasteiger partial charge on any atom is 0.322 e. The number of anilines is 2. The zero-order valence-electron chi connectivity index (χ0n) is 25.8. The van der Waals surface area contributed by atoms with Crippen molar-refractivity contribution in [3.8, 4) is 5.69 Å². The van der Waals surface area contributed by atoms with Crippen LogP contribution in [-0.2, 0) is 10.2 Å². The third-order valence-electron chi connectivity index (χ3n) is 7.03. The molecule has 3 rings (SSSR count). The Bertz CT molecular complexity index is 1270. The summed E-state index contributed by atoms with van der Waals surface area (Å²) >= 11 is 0. The van der Waals surface area contributed by atoms with Crippen molar-refractivity contribution in [2.75, 3.05) is 23.7 Å². The van der Waals surface area contributed by atoms with Crippen LogP contribution in [-0.4, -0.2) is 39.7 Å². The minimum absolute atomic E-state index is 0.0589. The molecule has 216 valence electrons. The number of amides is 3. The number of unbranched alkanes of at least 4 members (excludes halogenated alkanes) is 1. The van der Waals surface area contributed by atoms with E-state index >= 15 is 0 Å². The van der Waals surface area contributed by atoms with Crippen LogP contribution in [0, 0.1) is 6.92 Å². The smallest absolute Gasteiger partial charge is 0.315 e. The van der Waals surface area contributed by atoms with Crippen LogP contribution in [0.4, 0.5) is 16.3 Å². The first kappa shape index (κ1) is 30.9. The van der Waals surface area contributed by atoms with Crippen LogP contribution >= 0.6 is 0 Å². The van der Waals surface area contributed by atoms with Crippen molar-refractivity contribution in [3.05, 3.63) is 70.9 Å². The lowest BCUT2D eigenvalue weighted by molar-refractivity contribution is -0.116. The van der Waals surface area contributed by atoms with Crippen molar-refractivity contribution in [3.63, 3.8) is 0 Å². The molecule has 0 aliphatic heterocycles. The number of hydrogen-bond donors (Lipinski definition) is 2. The van der Waals surface area contributed by atoms with Crippen LogP contribution in [0.15, 0.2) is 48.5 Å². The van der Waals surface area contributed by atoms with E-state index in [0.717, 1.165) is 46.6 Å². The Morgan fingerprint density at radius 2 is 1.55 bits per heavy atom. The Morgan fingerprint density at radius 3 is 2.08 bits per heavy atom. The fraction of sp³-hybridized carbons (Fsp3) is 0.485. The summed E-state index contributed by atoms with van der Waals surface area (Å²) in [5.74, 6) is 0.823. The Kier molecular flexibility index (Phi) is 10.2. The van der Waals surface area contributed by atoms with Gasteiger partial charge in [-0.05, 0) is 48.4 Å². The van der Waals surface area contributed by atoms with E-state index < -0.39 is 0 Å². The molecule has 2 aromatic carbocycles. The Morgan fingerprint density at radius 1 is 0.950 bits per heavy atom. The zero-order valence-corrected chi connectivity index (χ0v) is 25.8. The molecule has 0 spiro atoms. The Balaban J connectivity index is 1.87. The molecule has 1 aromatic heterocycles. The second-order valence-corrected chi connectivity index (χ2v) is 12.3. The number of nitrogens with zero attached hydrogens (tertiary/aromatic N) is 3. The third kappa shape index (κ3) is 7.74. The first-order valence-corrected chi connectivity index (χ1v) is 14.5. The number of rotatable bonds is 10. The van der Waals surface area contributed by atoms with Crippen LogP contribution in [0.25, 0.3) is 5.69 Å². The summed E-state index contributed by atoms with van der Waals surface area (Å²) in [5.41, 5.74) is 5.73. The van der Waals surface area contributed by atoms with E-state index in [4.69, 9.17) is 5.10 Å². The third-order valence-corrected chi connectivity index (χ3v) is 7.03. The summed E-state index contributed by atoms with van der Waals surface area (Å²) in [7, 11) is 0. The number of nitrogens with one attached hydrogen (secondary N) is 2. The molecule has 2 N–H and O–H groups in total. The molecular formula is C33H47N5O2. The molecule has 3 amide bonds. The van der Waals surface area contributed by atoms with E-state index in [9.17, 15) is 9.59 Å². The number of urea groups is 1. The van der Waals surface area contributed by atoms with Crippen LogP contribution in [0.3, 0.4) is 0 Å². The standard InChI is InChI=1S/C33H47N5O2/c1-10-11-19-37(32(40)35-31-26(22(2)3)13-12-14-27(31)23(4)5)21-30(39)34-29-20-28(33(7,8)9)36-38(29)25-17-15-24(6)16-18-25/h12-18,20,22-23H,10-11,19,21H2,1-9H3,(H,34,39)(H,35,40). The monoisotopic (exact) mass is 545 g/mol. The van der Waals surface area contributed by atoms with Gasteiger partial charge in [-0.15, -0.1) is 0 Å². The van der Waals surface area contributed by atoms with Crippen LogP contribution in [0.1, 0.15) is 102 Å². The first-order chi connectivity index (χ1) is 18.8. The molecule has 7 heteroatoms. The maximum atomic E-state index is 13.6. The lowest BCUT2D eigenvalue weighted by atomic mass is 9.92. The highest BCUT2D eigenvalue weighted by Crippen LogP contribution is 2.33. The average Bonchev–Trinajstić information content (AvgIpc) is 3.31. The molecular weight excluding hydrogens is 498 g/mol. The highest BCUT2D eigenvalue weighted by molar-refractivity contribution is 5.97.